The van der Waals surface area contributed by atoms with E-state index in [0.717, 1.165) is 0 Å². The monoisotopic (exact) mass is 559 g/mol. The van der Waals surface area contributed by atoms with Crippen LogP contribution in [0.4, 0.5) is 5.82 Å². The van der Waals surface area contributed by atoms with Gasteiger partial charge >= 0.3 is 25.8 Å². The Morgan fingerprint density at radius 3 is 2.51 bits per heavy atom. The summed E-state index contributed by atoms with van der Waals surface area (Å²) in [6.07, 6.45) is -3.12. The zero-order valence-electron chi connectivity index (χ0n) is 18.9. The first-order chi connectivity index (χ1) is 16.4. The van der Waals surface area contributed by atoms with E-state index in [1.807, 2.05) is 0 Å². The molecule has 0 bridgehead atoms. The van der Waals surface area contributed by atoms with Gasteiger partial charge in [0.1, 0.15) is 30.2 Å². The number of rotatable bonds is 12. The number of aliphatic hydroxyl groups excluding tert-OH is 2. The van der Waals surface area contributed by atoms with Crippen LogP contribution in [0.5, 0.6) is 0 Å². The number of anilines is 1. The molecule has 35 heavy (non-hydrogen) atoms. The molecule has 0 spiro atoms. The summed E-state index contributed by atoms with van der Waals surface area (Å²) >= 11 is 0. The maximum absolute atomic E-state index is 10.8. The summed E-state index contributed by atoms with van der Waals surface area (Å²) in [7, 11) is -8.04. The van der Waals surface area contributed by atoms with Gasteiger partial charge in [0.2, 0.25) is 0 Å². The van der Waals surface area contributed by atoms with Gasteiger partial charge in [0.25, 0.3) is 0 Å². The van der Waals surface area contributed by atoms with Gasteiger partial charge in [-0.05, 0) is 6.92 Å². The van der Waals surface area contributed by atoms with Gasteiger partial charge in [-0.3, -0.25) is 4.57 Å². The van der Waals surface area contributed by atoms with Crippen molar-refractivity contribution in [2.75, 3.05) is 18.9 Å². The Balaban J connectivity index is 1.62. The van der Waals surface area contributed by atoms with Gasteiger partial charge in [-0.25, -0.2) is 19.3 Å². The Kier molecular flexibility index (Phi) is 10.00. The topological polar surface area (TPSA) is 237 Å². The molecule has 1 saturated heterocycles. The molecule has 1 aliphatic heterocycles. The van der Waals surface area contributed by atoms with Crippen molar-refractivity contribution in [3.8, 4) is 0 Å². The fourth-order valence-corrected chi connectivity index (χ4v) is 5.02. The first-order valence-corrected chi connectivity index (χ1v) is 13.5. The molecule has 0 amide bonds. The van der Waals surface area contributed by atoms with E-state index in [0.29, 0.717) is 0 Å². The Bertz CT molecular complexity index is 970. The van der Waals surface area contributed by atoms with Gasteiger partial charge in [0.05, 0.1) is 25.6 Å². The molecule has 198 valence electrons. The highest BCUT2D eigenvalue weighted by atomic mass is 31.2. The van der Waals surface area contributed by atoms with Crippen LogP contribution in [0.15, 0.2) is 12.7 Å². The van der Waals surface area contributed by atoms with Gasteiger partial charge < -0.3 is 53.8 Å². The second-order valence-electron chi connectivity index (χ2n) is 8.25. The van der Waals surface area contributed by atoms with E-state index < -0.39 is 68.5 Å². The molecular weight excluding hydrogens is 531 g/mol. The number of aliphatic hydroxyl groups is 2. The Labute approximate surface area is 203 Å². The van der Waals surface area contributed by atoms with Crippen LogP contribution in [0.2, 0.25) is 0 Å². The van der Waals surface area contributed by atoms with Gasteiger partial charge in [0, 0.05) is 5.41 Å². The largest absolute Gasteiger partial charge is 0.393 e. The number of aromatic nitrogens is 4. The molecule has 1 aliphatic rings. The van der Waals surface area contributed by atoms with Crippen LogP contribution < -0.4 is 5.73 Å². The van der Waals surface area contributed by atoms with Crippen molar-refractivity contribution in [2.24, 2.45) is 5.41 Å². The lowest BCUT2D eigenvalue weighted by Gasteiger charge is -2.28. The van der Waals surface area contributed by atoms with Crippen molar-refractivity contribution in [2.45, 2.75) is 51.4 Å². The number of fused-ring (bicyclic) bond motifs is 1. The first-order valence-electron chi connectivity index (χ1n) is 10.1. The molecule has 16 nitrogen and oxygen atoms in total. The van der Waals surface area contributed by atoms with Gasteiger partial charge in [-0.1, -0.05) is 13.8 Å². The van der Waals surface area contributed by atoms with Crippen LogP contribution in [0.3, 0.4) is 0 Å². The van der Waals surface area contributed by atoms with E-state index in [-0.39, 0.29) is 23.6 Å². The number of nitrogen functional groups attached to an aromatic ring is 1. The van der Waals surface area contributed by atoms with Crippen molar-refractivity contribution < 1.29 is 52.4 Å². The minimum absolute atomic E-state index is 0.0466. The molecular formula is C16H28N5O11P3. The smallest absolute Gasteiger partial charge is 0.337 e. The third-order valence-electron chi connectivity index (χ3n) is 5.35. The number of nitrogens with two attached hydrogens (primary N) is 1. The van der Waals surface area contributed by atoms with E-state index in [2.05, 4.69) is 15.0 Å². The highest BCUT2D eigenvalue weighted by molar-refractivity contribution is 7.54. The average Bonchev–Trinajstić information content (AvgIpc) is 3.33. The quantitative estimate of drug-likeness (QED) is 0.171. The number of ether oxygens (including phenoxy) is 1. The summed E-state index contributed by atoms with van der Waals surface area (Å²) in [5.74, 6) is 0.116. The summed E-state index contributed by atoms with van der Waals surface area (Å²) in [4.78, 5) is 50.6. The summed E-state index contributed by atoms with van der Waals surface area (Å²) in [6.45, 7) is 4.55. The standard InChI is InChI=1S/C16H28N5O11P3/c1-8(22)16(2,3)5-29-35(27)32-34(26)28-4-9-12(31-33(24)25)11(23)15(30-9)21-7-20-10-13(17)18-6-19-14(10)21/h6-9,11-12,15,22-27H,4-5H2,1-3H3,(H2,17,18,19). The van der Waals surface area contributed by atoms with E-state index in [4.69, 9.17) is 28.4 Å². The Morgan fingerprint density at radius 1 is 1.17 bits per heavy atom. The molecule has 7 unspecified atom stereocenters. The maximum Gasteiger partial charge on any atom is 0.337 e. The summed E-state index contributed by atoms with van der Waals surface area (Å²) < 4.78 is 27.4. The van der Waals surface area contributed by atoms with Crippen molar-refractivity contribution in [3.05, 3.63) is 12.7 Å². The predicted octanol–water partition coefficient (Wildman–Crippen LogP) is 0.159. The fourth-order valence-electron chi connectivity index (χ4n) is 2.97. The molecule has 3 heterocycles. The molecule has 0 radical (unpaired) electrons. The SMILES string of the molecule is CC(O)C(C)(C)COP(O)OP(O)OCC1OC(n2cnc3c(N)ncnc32)C(O)C1OP(O)O. The van der Waals surface area contributed by atoms with Crippen molar-refractivity contribution in [3.63, 3.8) is 0 Å². The second kappa shape index (κ2) is 12.2. The van der Waals surface area contributed by atoms with Crippen LogP contribution in [-0.4, -0.2) is 86.9 Å². The normalized spacial score (nSPS) is 25.9. The molecule has 0 aromatic carbocycles. The molecule has 1 fully saturated rings. The van der Waals surface area contributed by atoms with Crippen LogP contribution in [0.1, 0.15) is 27.0 Å². The van der Waals surface area contributed by atoms with E-state index >= 15 is 0 Å². The zero-order chi connectivity index (χ0) is 25.9. The Hall–Kier alpha value is -0.800. The number of hydrogen-bond acceptors (Lipinski definition) is 15. The third kappa shape index (κ3) is 7.16. The van der Waals surface area contributed by atoms with E-state index in [9.17, 15) is 29.8 Å². The van der Waals surface area contributed by atoms with Crippen molar-refractivity contribution in [1.29, 1.82) is 0 Å². The number of hydrogen-bond donors (Lipinski definition) is 7. The molecule has 8 N–H and O–H groups in total. The number of nitrogens with zero attached hydrogens (tertiary/aromatic N) is 4. The van der Waals surface area contributed by atoms with Crippen LogP contribution in [-0.2, 0) is 22.6 Å². The minimum atomic E-state index is -2.87. The predicted molar refractivity (Wildman–Crippen MR) is 123 cm³/mol. The van der Waals surface area contributed by atoms with Crippen LogP contribution >= 0.6 is 25.8 Å². The van der Waals surface area contributed by atoms with Crippen LogP contribution in [0.25, 0.3) is 11.2 Å². The van der Waals surface area contributed by atoms with Gasteiger partial charge in [0.15, 0.2) is 17.7 Å². The molecule has 0 aliphatic carbocycles. The number of imidazole rings is 1. The highest BCUT2D eigenvalue weighted by Gasteiger charge is 2.48. The van der Waals surface area contributed by atoms with E-state index in [1.165, 1.54) is 17.2 Å². The van der Waals surface area contributed by atoms with Crippen molar-refractivity contribution in [1.82, 2.24) is 19.5 Å². The Morgan fingerprint density at radius 2 is 1.86 bits per heavy atom. The average molecular weight is 559 g/mol. The summed E-state index contributed by atoms with van der Waals surface area (Å²) in [6, 6.07) is 0. The lowest BCUT2D eigenvalue weighted by molar-refractivity contribution is -0.0481. The molecule has 3 rings (SSSR count). The minimum Gasteiger partial charge on any atom is -0.393 e. The lowest BCUT2D eigenvalue weighted by Crippen LogP contribution is -2.35. The lowest BCUT2D eigenvalue weighted by atomic mass is 9.89. The molecule has 2 aromatic rings. The third-order valence-corrected chi connectivity index (χ3v) is 7.62. The maximum atomic E-state index is 10.8. The molecule has 7 atom stereocenters. The molecule has 0 saturated carbocycles. The highest BCUT2D eigenvalue weighted by Crippen LogP contribution is 2.51. The van der Waals surface area contributed by atoms with Gasteiger partial charge in [-0.2, -0.15) is 0 Å². The van der Waals surface area contributed by atoms with E-state index in [1.54, 1.807) is 20.8 Å². The second-order valence-corrected chi connectivity index (χ2v) is 11.1. The summed E-state index contributed by atoms with van der Waals surface area (Å²) in [5.41, 5.74) is 5.65. The fraction of sp³-hybridized carbons (Fsp3) is 0.688. The molecule has 2 aromatic heterocycles. The van der Waals surface area contributed by atoms with Crippen molar-refractivity contribution >= 4 is 42.8 Å². The van der Waals surface area contributed by atoms with Gasteiger partial charge in [-0.15, -0.1) is 0 Å². The zero-order valence-corrected chi connectivity index (χ0v) is 21.6. The first kappa shape index (κ1) is 28.8. The summed E-state index contributed by atoms with van der Waals surface area (Å²) in [5, 5.41) is 20.5. The molecule has 19 heteroatoms. The van der Waals surface area contributed by atoms with Crippen LogP contribution in [0, 0.1) is 5.41 Å².